The molecule has 1 aliphatic rings. The van der Waals surface area contributed by atoms with Crippen LogP contribution in [0.2, 0.25) is 0 Å². The number of pyridine rings is 1. The Morgan fingerprint density at radius 3 is 2.83 bits per heavy atom. The molecule has 2 aromatic carbocycles. The van der Waals surface area contributed by atoms with Crippen LogP contribution in [0.25, 0.3) is 0 Å². The maximum atomic E-state index is 12.8. The number of aromatic nitrogens is 1. The van der Waals surface area contributed by atoms with Crippen molar-refractivity contribution in [2.75, 3.05) is 23.9 Å². The molecule has 0 radical (unpaired) electrons. The molecule has 0 spiro atoms. The Bertz CT molecular complexity index is 1100. The van der Waals surface area contributed by atoms with E-state index < -0.39 is 0 Å². The lowest BCUT2D eigenvalue weighted by atomic mass is 10.1. The van der Waals surface area contributed by atoms with Crippen molar-refractivity contribution < 1.29 is 14.3 Å². The van der Waals surface area contributed by atoms with E-state index in [-0.39, 0.29) is 11.8 Å². The number of hydrogen-bond acceptors (Lipinski definition) is 5. The van der Waals surface area contributed by atoms with Crippen molar-refractivity contribution in [1.82, 2.24) is 4.98 Å². The summed E-state index contributed by atoms with van der Waals surface area (Å²) in [6, 6.07) is 16.1. The first kappa shape index (κ1) is 19.0. The molecule has 1 aromatic heterocycles. The summed E-state index contributed by atoms with van der Waals surface area (Å²) in [5.41, 5.74) is 2.43. The number of amides is 2. The summed E-state index contributed by atoms with van der Waals surface area (Å²) in [7, 11) is 1.74. The minimum Gasteiger partial charge on any atom is -0.493 e. The van der Waals surface area contributed by atoms with E-state index in [2.05, 4.69) is 10.3 Å². The average Bonchev–Trinajstić information content (AvgIpc) is 2.83. The van der Waals surface area contributed by atoms with Crippen molar-refractivity contribution in [3.05, 3.63) is 71.9 Å². The summed E-state index contributed by atoms with van der Waals surface area (Å²) in [5, 5.41) is 3.57. The molecule has 4 rings (SSSR count). The zero-order chi connectivity index (χ0) is 20.4. The van der Waals surface area contributed by atoms with Gasteiger partial charge >= 0.3 is 0 Å². The fraction of sp³-hybridized carbons (Fsp3) is 0.136. The van der Waals surface area contributed by atoms with Crippen molar-refractivity contribution in [1.29, 1.82) is 0 Å². The second-order valence-electron chi connectivity index (χ2n) is 6.39. The highest BCUT2D eigenvalue weighted by molar-refractivity contribution is 7.99. The van der Waals surface area contributed by atoms with Gasteiger partial charge in [-0.05, 0) is 49.4 Å². The van der Waals surface area contributed by atoms with Crippen molar-refractivity contribution in [3.63, 3.8) is 0 Å². The minimum absolute atomic E-state index is 0.109. The van der Waals surface area contributed by atoms with E-state index in [1.807, 2.05) is 25.1 Å². The van der Waals surface area contributed by atoms with Crippen LogP contribution in [0.3, 0.4) is 0 Å². The lowest BCUT2D eigenvalue weighted by molar-refractivity contribution is 0.0987. The number of anilines is 2. The van der Waals surface area contributed by atoms with Crippen LogP contribution in [0.4, 0.5) is 11.4 Å². The number of ether oxygens (including phenoxy) is 1. The molecule has 29 heavy (non-hydrogen) atoms. The SMILES string of the molecule is CCOc1ccccc1C(=O)Nc1ccc2c(c1)Sc1ncccc1C(=O)N2C. The highest BCUT2D eigenvalue weighted by atomic mass is 32.2. The van der Waals surface area contributed by atoms with E-state index in [0.717, 1.165) is 10.6 Å². The van der Waals surface area contributed by atoms with Crippen LogP contribution in [-0.2, 0) is 0 Å². The van der Waals surface area contributed by atoms with E-state index in [4.69, 9.17) is 4.74 Å². The summed E-state index contributed by atoms with van der Waals surface area (Å²) in [5.74, 6) is 0.178. The van der Waals surface area contributed by atoms with E-state index in [1.54, 1.807) is 54.5 Å². The predicted octanol–water partition coefficient (Wildman–Crippen LogP) is 4.47. The molecule has 2 amide bonds. The molecule has 6 nitrogen and oxygen atoms in total. The maximum absolute atomic E-state index is 12.8. The van der Waals surface area contributed by atoms with Crippen molar-refractivity contribution in [3.8, 4) is 5.75 Å². The normalized spacial score (nSPS) is 12.6. The van der Waals surface area contributed by atoms with E-state index in [0.29, 0.717) is 34.2 Å². The number of carbonyl (C=O) groups is 2. The zero-order valence-corrected chi connectivity index (χ0v) is 16.8. The highest BCUT2D eigenvalue weighted by Crippen LogP contribution is 2.41. The molecule has 0 saturated heterocycles. The Hall–Kier alpha value is -3.32. The molecule has 0 atom stereocenters. The van der Waals surface area contributed by atoms with Gasteiger partial charge in [-0.1, -0.05) is 23.9 Å². The lowest BCUT2D eigenvalue weighted by Crippen LogP contribution is -2.26. The number of benzene rings is 2. The Labute approximate surface area is 172 Å². The van der Waals surface area contributed by atoms with Crippen LogP contribution < -0.4 is 15.0 Å². The Morgan fingerprint density at radius 2 is 2.00 bits per heavy atom. The van der Waals surface area contributed by atoms with Crippen molar-refractivity contribution in [2.45, 2.75) is 16.8 Å². The van der Waals surface area contributed by atoms with Crippen LogP contribution >= 0.6 is 11.8 Å². The molecule has 7 heteroatoms. The third-order valence-corrected chi connectivity index (χ3v) is 5.59. The largest absolute Gasteiger partial charge is 0.493 e. The minimum atomic E-state index is -0.254. The van der Waals surface area contributed by atoms with Crippen molar-refractivity contribution >= 4 is 35.0 Å². The Morgan fingerprint density at radius 1 is 1.17 bits per heavy atom. The summed E-state index contributed by atoms with van der Waals surface area (Å²) in [6.07, 6.45) is 1.67. The van der Waals surface area contributed by atoms with E-state index >= 15 is 0 Å². The van der Waals surface area contributed by atoms with Crippen molar-refractivity contribution in [2.24, 2.45) is 0 Å². The summed E-state index contributed by atoms with van der Waals surface area (Å²) in [6.45, 7) is 2.36. The van der Waals surface area contributed by atoms with Crippen LogP contribution in [0.5, 0.6) is 5.75 Å². The molecule has 0 bridgehead atoms. The van der Waals surface area contributed by atoms with Gasteiger partial charge in [0.25, 0.3) is 11.8 Å². The number of rotatable bonds is 4. The number of nitrogens with one attached hydrogen (secondary N) is 1. The first-order valence-electron chi connectivity index (χ1n) is 9.16. The average molecular weight is 405 g/mol. The monoisotopic (exact) mass is 405 g/mol. The van der Waals surface area contributed by atoms with Gasteiger partial charge in [0.05, 0.1) is 23.4 Å². The standard InChI is InChI=1S/C22H19N3O3S/c1-3-28-18-9-5-4-7-15(18)20(26)24-14-10-11-17-19(13-14)29-21-16(8-6-12-23-21)22(27)25(17)2/h4-13H,3H2,1-2H3,(H,24,26). The van der Waals surface area contributed by atoms with Gasteiger partial charge in [0.2, 0.25) is 0 Å². The Kier molecular flexibility index (Phi) is 5.22. The van der Waals surface area contributed by atoms with Gasteiger partial charge in [0.15, 0.2) is 0 Å². The number of hydrogen-bond donors (Lipinski definition) is 1. The molecule has 1 N–H and O–H groups in total. The van der Waals surface area contributed by atoms with Gasteiger partial charge in [0.1, 0.15) is 10.8 Å². The molecule has 0 unspecified atom stereocenters. The van der Waals surface area contributed by atoms with Crippen LogP contribution in [-0.4, -0.2) is 30.5 Å². The van der Waals surface area contributed by atoms with Crippen LogP contribution in [0, 0.1) is 0 Å². The fourth-order valence-electron chi connectivity index (χ4n) is 3.11. The molecule has 0 saturated carbocycles. The molecular weight excluding hydrogens is 386 g/mol. The third-order valence-electron chi connectivity index (χ3n) is 4.52. The quantitative estimate of drug-likeness (QED) is 0.693. The van der Waals surface area contributed by atoms with Gasteiger partial charge in [-0.2, -0.15) is 0 Å². The van der Waals surface area contributed by atoms with Crippen LogP contribution in [0.1, 0.15) is 27.6 Å². The topological polar surface area (TPSA) is 71.5 Å². The molecule has 2 heterocycles. The number of carbonyl (C=O) groups excluding carboxylic acids is 2. The molecule has 146 valence electrons. The molecule has 0 fully saturated rings. The summed E-state index contributed by atoms with van der Waals surface area (Å²) < 4.78 is 5.55. The van der Waals surface area contributed by atoms with E-state index in [1.165, 1.54) is 11.8 Å². The maximum Gasteiger partial charge on any atom is 0.260 e. The second kappa shape index (κ2) is 7.97. The summed E-state index contributed by atoms with van der Waals surface area (Å²) in [4.78, 5) is 32.3. The number of para-hydroxylation sites is 1. The van der Waals surface area contributed by atoms with Gasteiger partial charge in [0, 0.05) is 23.8 Å². The molecular formula is C22H19N3O3S. The smallest absolute Gasteiger partial charge is 0.260 e. The van der Waals surface area contributed by atoms with Crippen LogP contribution in [0.15, 0.2) is 70.7 Å². The lowest BCUT2D eigenvalue weighted by Gasteiger charge is -2.18. The second-order valence-corrected chi connectivity index (χ2v) is 7.42. The first-order chi connectivity index (χ1) is 14.1. The first-order valence-corrected chi connectivity index (χ1v) is 9.98. The Balaban J connectivity index is 1.65. The van der Waals surface area contributed by atoms with Gasteiger partial charge in [-0.3, -0.25) is 9.59 Å². The molecule has 3 aromatic rings. The third kappa shape index (κ3) is 3.69. The molecule has 1 aliphatic heterocycles. The number of fused-ring (bicyclic) bond motifs is 2. The zero-order valence-electron chi connectivity index (χ0n) is 16.0. The van der Waals surface area contributed by atoms with E-state index in [9.17, 15) is 9.59 Å². The summed E-state index contributed by atoms with van der Waals surface area (Å²) >= 11 is 1.41. The number of nitrogens with zero attached hydrogens (tertiary/aromatic N) is 2. The van der Waals surface area contributed by atoms with Gasteiger partial charge < -0.3 is 15.0 Å². The van der Waals surface area contributed by atoms with Gasteiger partial charge in [-0.25, -0.2) is 4.98 Å². The molecule has 0 aliphatic carbocycles. The highest BCUT2D eigenvalue weighted by Gasteiger charge is 2.26. The van der Waals surface area contributed by atoms with Gasteiger partial charge in [-0.15, -0.1) is 0 Å². The predicted molar refractivity (Wildman–Crippen MR) is 113 cm³/mol. The fourth-order valence-corrected chi connectivity index (χ4v) is 4.20.